The molecule has 0 aliphatic carbocycles. The average Bonchev–Trinajstić information content (AvgIpc) is 2.48. The van der Waals surface area contributed by atoms with Crippen molar-refractivity contribution in [1.82, 2.24) is 4.90 Å². The maximum absolute atomic E-state index is 8.62. The highest BCUT2D eigenvalue weighted by atomic mass is 35.5. The number of halogens is 1. The van der Waals surface area contributed by atoms with Gasteiger partial charge in [-0.2, -0.15) is 0 Å². The minimum absolute atomic E-state index is 0.289. The Hall–Kier alpha value is -1.46. The Balaban J connectivity index is 1.87. The summed E-state index contributed by atoms with van der Waals surface area (Å²) in [6.45, 7) is 6.01. The number of oxime groups is 1. The van der Waals surface area contributed by atoms with E-state index >= 15 is 0 Å². The van der Waals surface area contributed by atoms with Gasteiger partial charge in [0.25, 0.3) is 0 Å². The molecule has 1 aromatic rings. The molecule has 2 rings (SSSR count). The number of piperazine rings is 1. The number of anilines is 1. The number of benzene rings is 1. The molecule has 110 valence electrons. The first-order chi connectivity index (χ1) is 9.60. The van der Waals surface area contributed by atoms with Gasteiger partial charge in [0.2, 0.25) is 0 Å². The first-order valence-corrected chi connectivity index (χ1v) is 7.19. The SMILES string of the molecule is CC(CC(N)=NO)N1CCN(c2ccc(Cl)cc2)CC1. The second kappa shape index (κ2) is 6.81. The lowest BCUT2D eigenvalue weighted by Crippen LogP contribution is -2.50. The largest absolute Gasteiger partial charge is 0.409 e. The van der Waals surface area contributed by atoms with E-state index in [4.69, 9.17) is 22.5 Å². The second-order valence-corrected chi connectivity index (χ2v) is 5.58. The van der Waals surface area contributed by atoms with Crippen LogP contribution in [0.1, 0.15) is 13.3 Å². The van der Waals surface area contributed by atoms with Gasteiger partial charge in [-0.1, -0.05) is 16.8 Å². The van der Waals surface area contributed by atoms with Crippen LogP contribution < -0.4 is 10.6 Å². The van der Waals surface area contributed by atoms with Crippen LogP contribution in [0.4, 0.5) is 5.69 Å². The molecule has 5 nitrogen and oxygen atoms in total. The summed E-state index contributed by atoms with van der Waals surface area (Å²) in [7, 11) is 0. The van der Waals surface area contributed by atoms with E-state index in [9.17, 15) is 0 Å². The molecule has 0 radical (unpaired) electrons. The van der Waals surface area contributed by atoms with E-state index in [1.54, 1.807) is 0 Å². The van der Waals surface area contributed by atoms with E-state index < -0.39 is 0 Å². The van der Waals surface area contributed by atoms with Crippen LogP contribution in [-0.4, -0.2) is 48.2 Å². The maximum Gasteiger partial charge on any atom is 0.140 e. The van der Waals surface area contributed by atoms with Crippen molar-refractivity contribution in [2.75, 3.05) is 31.1 Å². The quantitative estimate of drug-likeness (QED) is 0.386. The summed E-state index contributed by atoms with van der Waals surface area (Å²) in [6, 6.07) is 8.24. The average molecular weight is 297 g/mol. The Bertz CT molecular complexity index is 455. The van der Waals surface area contributed by atoms with Crippen LogP contribution in [-0.2, 0) is 0 Å². The summed E-state index contributed by atoms with van der Waals surface area (Å²) in [5, 5.41) is 12.4. The van der Waals surface area contributed by atoms with Crippen LogP contribution in [0.25, 0.3) is 0 Å². The fraction of sp³-hybridized carbons (Fsp3) is 0.500. The molecule has 1 heterocycles. The number of nitrogens with zero attached hydrogens (tertiary/aromatic N) is 3. The minimum Gasteiger partial charge on any atom is -0.409 e. The van der Waals surface area contributed by atoms with Gasteiger partial charge >= 0.3 is 0 Å². The van der Waals surface area contributed by atoms with Crippen molar-refractivity contribution >= 4 is 23.1 Å². The van der Waals surface area contributed by atoms with Crippen molar-refractivity contribution in [3.8, 4) is 0 Å². The summed E-state index contributed by atoms with van der Waals surface area (Å²) >= 11 is 5.91. The lowest BCUT2D eigenvalue weighted by molar-refractivity contribution is 0.199. The van der Waals surface area contributed by atoms with Gasteiger partial charge in [-0.05, 0) is 31.2 Å². The van der Waals surface area contributed by atoms with Crippen LogP contribution >= 0.6 is 11.6 Å². The van der Waals surface area contributed by atoms with Crippen LogP contribution in [0, 0.1) is 0 Å². The monoisotopic (exact) mass is 296 g/mol. The van der Waals surface area contributed by atoms with E-state index in [1.165, 1.54) is 5.69 Å². The van der Waals surface area contributed by atoms with Crippen molar-refractivity contribution in [3.63, 3.8) is 0 Å². The minimum atomic E-state index is 0.289. The fourth-order valence-corrected chi connectivity index (χ4v) is 2.67. The zero-order valence-corrected chi connectivity index (χ0v) is 12.4. The van der Waals surface area contributed by atoms with Crippen molar-refractivity contribution in [2.45, 2.75) is 19.4 Å². The van der Waals surface area contributed by atoms with Gasteiger partial charge in [0.1, 0.15) is 5.84 Å². The highest BCUT2D eigenvalue weighted by Crippen LogP contribution is 2.20. The van der Waals surface area contributed by atoms with E-state index in [0.717, 1.165) is 31.2 Å². The van der Waals surface area contributed by atoms with Gasteiger partial charge in [-0.3, -0.25) is 4.90 Å². The molecular weight excluding hydrogens is 276 g/mol. The number of hydrogen-bond donors (Lipinski definition) is 2. The van der Waals surface area contributed by atoms with Crippen LogP contribution in [0.5, 0.6) is 0 Å². The molecule has 0 spiro atoms. The van der Waals surface area contributed by atoms with Crippen LogP contribution in [0.15, 0.2) is 29.4 Å². The summed E-state index contributed by atoms with van der Waals surface area (Å²) in [4.78, 5) is 4.72. The molecule has 1 fully saturated rings. The van der Waals surface area contributed by atoms with Gasteiger partial charge in [-0.25, -0.2) is 0 Å². The van der Waals surface area contributed by atoms with Gasteiger partial charge in [0, 0.05) is 49.4 Å². The molecule has 0 saturated carbocycles. The molecule has 1 atom stereocenters. The van der Waals surface area contributed by atoms with Crippen molar-refractivity contribution in [1.29, 1.82) is 0 Å². The second-order valence-electron chi connectivity index (χ2n) is 5.14. The van der Waals surface area contributed by atoms with Crippen molar-refractivity contribution in [2.24, 2.45) is 10.9 Å². The van der Waals surface area contributed by atoms with Crippen LogP contribution in [0.2, 0.25) is 5.02 Å². The predicted molar refractivity (Wildman–Crippen MR) is 82.7 cm³/mol. The fourth-order valence-electron chi connectivity index (χ4n) is 2.55. The lowest BCUT2D eigenvalue weighted by atomic mass is 10.1. The van der Waals surface area contributed by atoms with Gasteiger partial charge in [-0.15, -0.1) is 0 Å². The molecule has 1 aliphatic rings. The highest BCUT2D eigenvalue weighted by Gasteiger charge is 2.21. The number of nitrogens with two attached hydrogens (primary N) is 1. The third-order valence-corrected chi connectivity index (χ3v) is 4.01. The first-order valence-electron chi connectivity index (χ1n) is 6.81. The van der Waals surface area contributed by atoms with Gasteiger partial charge < -0.3 is 15.8 Å². The molecule has 3 N–H and O–H groups in total. The summed E-state index contributed by atoms with van der Waals surface area (Å²) in [6.07, 6.45) is 0.595. The third-order valence-electron chi connectivity index (χ3n) is 3.76. The van der Waals surface area contributed by atoms with Crippen LogP contribution in [0.3, 0.4) is 0 Å². The molecule has 0 amide bonds. The maximum atomic E-state index is 8.62. The number of hydrogen-bond acceptors (Lipinski definition) is 4. The molecule has 1 aliphatic heterocycles. The van der Waals surface area contributed by atoms with E-state index in [-0.39, 0.29) is 5.84 Å². The first kappa shape index (κ1) is 14.9. The Kier molecular flexibility index (Phi) is 5.09. The zero-order chi connectivity index (χ0) is 14.5. The van der Waals surface area contributed by atoms with Crippen molar-refractivity contribution in [3.05, 3.63) is 29.3 Å². The molecule has 1 aromatic carbocycles. The zero-order valence-electron chi connectivity index (χ0n) is 11.7. The molecule has 0 aromatic heterocycles. The lowest BCUT2D eigenvalue weighted by Gasteiger charge is -2.39. The standard InChI is InChI=1S/C14H21ClN4O/c1-11(10-14(16)17-20)18-6-8-19(9-7-18)13-4-2-12(15)3-5-13/h2-5,11,20H,6-10H2,1H3,(H2,16,17). The molecule has 6 heteroatoms. The number of rotatable bonds is 4. The van der Waals surface area contributed by atoms with E-state index in [0.29, 0.717) is 12.5 Å². The smallest absolute Gasteiger partial charge is 0.140 e. The number of amidine groups is 1. The summed E-state index contributed by atoms with van der Waals surface area (Å²) in [5.74, 6) is 0.289. The Morgan fingerprint density at radius 2 is 1.90 bits per heavy atom. The third kappa shape index (κ3) is 3.77. The van der Waals surface area contributed by atoms with E-state index in [1.807, 2.05) is 12.1 Å². The topological polar surface area (TPSA) is 65.1 Å². The van der Waals surface area contributed by atoms with Gasteiger partial charge in [0.15, 0.2) is 0 Å². The molecule has 0 bridgehead atoms. The van der Waals surface area contributed by atoms with Crippen molar-refractivity contribution < 1.29 is 5.21 Å². The van der Waals surface area contributed by atoms with E-state index in [2.05, 4.69) is 34.0 Å². The molecule has 20 heavy (non-hydrogen) atoms. The highest BCUT2D eigenvalue weighted by molar-refractivity contribution is 6.30. The Morgan fingerprint density at radius 1 is 1.30 bits per heavy atom. The normalized spacial score (nSPS) is 19.1. The summed E-state index contributed by atoms with van der Waals surface area (Å²) in [5.41, 5.74) is 6.77. The molecule has 1 unspecified atom stereocenters. The predicted octanol–water partition coefficient (Wildman–Crippen LogP) is 1.99. The van der Waals surface area contributed by atoms with Gasteiger partial charge in [0.05, 0.1) is 0 Å². The Labute approximate surface area is 124 Å². The molecular formula is C14H21ClN4O. The summed E-state index contributed by atoms with van der Waals surface area (Å²) < 4.78 is 0. The molecule has 1 saturated heterocycles. The Morgan fingerprint density at radius 3 is 2.45 bits per heavy atom.